The Kier molecular flexibility index (Phi) is 3.46. The van der Waals surface area contributed by atoms with Crippen molar-refractivity contribution in [1.29, 1.82) is 0 Å². The molecule has 2 heterocycles. The van der Waals surface area contributed by atoms with Crippen molar-refractivity contribution in [2.24, 2.45) is 0 Å². The van der Waals surface area contributed by atoms with Crippen molar-refractivity contribution in [3.8, 4) is 0 Å². The third-order valence-corrected chi connectivity index (χ3v) is 2.71. The fourth-order valence-electron chi connectivity index (χ4n) is 1.06. The minimum Gasteiger partial charge on any atom is -0.480 e. The molecule has 18 heavy (non-hydrogen) atoms. The average molecular weight is 273 g/mol. The highest BCUT2D eigenvalue weighted by Crippen LogP contribution is 2.25. The summed E-state index contributed by atoms with van der Waals surface area (Å²) in [5.41, 5.74) is 0. The molecule has 0 aliphatic rings. The summed E-state index contributed by atoms with van der Waals surface area (Å²) in [7, 11) is 0. The largest absolute Gasteiger partial charge is 0.480 e. The van der Waals surface area contributed by atoms with Crippen LogP contribution in [0.5, 0.6) is 0 Å². The molecule has 0 saturated heterocycles. The maximum absolute atomic E-state index is 13.3. The summed E-state index contributed by atoms with van der Waals surface area (Å²) in [6.45, 7) is -0.460. The second-order valence-corrected chi connectivity index (χ2v) is 4.01. The SMILES string of the molecule is O=C(O)Cn1nnnc1Sc1ncc(F)cc1F. The Morgan fingerprint density at radius 1 is 1.50 bits per heavy atom. The fourth-order valence-corrected chi connectivity index (χ4v) is 1.78. The van der Waals surface area contributed by atoms with Crippen LogP contribution in [0.3, 0.4) is 0 Å². The second kappa shape index (κ2) is 5.04. The van der Waals surface area contributed by atoms with Gasteiger partial charge >= 0.3 is 5.97 Å². The minimum atomic E-state index is -1.14. The van der Waals surface area contributed by atoms with Gasteiger partial charge in [-0.15, -0.1) is 5.10 Å². The molecule has 0 radical (unpaired) electrons. The lowest BCUT2D eigenvalue weighted by Gasteiger charge is -2.01. The zero-order valence-corrected chi connectivity index (χ0v) is 9.43. The van der Waals surface area contributed by atoms with Gasteiger partial charge in [0.15, 0.2) is 5.82 Å². The van der Waals surface area contributed by atoms with Crippen molar-refractivity contribution in [3.05, 3.63) is 23.9 Å². The molecule has 0 atom stereocenters. The Morgan fingerprint density at radius 2 is 2.28 bits per heavy atom. The molecule has 7 nitrogen and oxygen atoms in total. The summed E-state index contributed by atoms with van der Waals surface area (Å²) < 4.78 is 26.9. The molecule has 0 amide bonds. The summed E-state index contributed by atoms with van der Waals surface area (Å²) >= 11 is 0.709. The van der Waals surface area contributed by atoms with Gasteiger partial charge in [-0.05, 0) is 22.2 Å². The van der Waals surface area contributed by atoms with Crippen molar-refractivity contribution in [1.82, 2.24) is 25.2 Å². The molecule has 2 aromatic rings. The topological polar surface area (TPSA) is 93.8 Å². The van der Waals surface area contributed by atoms with Gasteiger partial charge in [0.05, 0.1) is 6.20 Å². The lowest BCUT2D eigenvalue weighted by molar-refractivity contribution is -0.138. The number of aromatic nitrogens is 5. The van der Waals surface area contributed by atoms with E-state index in [0.29, 0.717) is 17.8 Å². The highest BCUT2D eigenvalue weighted by Gasteiger charge is 2.14. The molecule has 0 aromatic carbocycles. The van der Waals surface area contributed by atoms with Crippen LogP contribution in [0.2, 0.25) is 0 Å². The molecule has 0 aliphatic carbocycles. The number of carbonyl (C=O) groups is 1. The number of pyridine rings is 1. The monoisotopic (exact) mass is 273 g/mol. The minimum absolute atomic E-state index is 0.0513. The third-order valence-electron chi connectivity index (χ3n) is 1.75. The number of hydrogen-bond acceptors (Lipinski definition) is 6. The molecule has 0 spiro atoms. The van der Waals surface area contributed by atoms with Crippen LogP contribution in [-0.2, 0) is 11.3 Å². The van der Waals surface area contributed by atoms with E-state index in [9.17, 15) is 13.6 Å². The summed E-state index contributed by atoms with van der Waals surface area (Å²) in [5, 5.41) is 18.7. The first-order valence-electron chi connectivity index (χ1n) is 4.53. The van der Waals surface area contributed by atoms with Gasteiger partial charge in [0.2, 0.25) is 5.16 Å². The molecule has 0 aliphatic heterocycles. The number of halogens is 2. The first kappa shape index (κ1) is 12.4. The van der Waals surface area contributed by atoms with Gasteiger partial charge in [-0.2, -0.15) is 0 Å². The molecule has 0 bridgehead atoms. The molecule has 1 N–H and O–H groups in total. The maximum Gasteiger partial charge on any atom is 0.325 e. The molecule has 0 unspecified atom stereocenters. The number of tetrazole rings is 1. The number of carboxylic acids is 1. The van der Waals surface area contributed by atoms with Crippen molar-refractivity contribution >= 4 is 17.7 Å². The number of carboxylic acid groups (broad SMARTS) is 1. The van der Waals surface area contributed by atoms with Crippen molar-refractivity contribution in [2.45, 2.75) is 16.7 Å². The lowest BCUT2D eigenvalue weighted by atomic mass is 10.5. The maximum atomic E-state index is 13.3. The average Bonchev–Trinajstić information content (AvgIpc) is 2.69. The van der Waals surface area contributed by atoms with Crippen molar-refractivity contribution < 1.29 is 18.7 Å². The number of hydrogen-bond donors (Lipinski definition) is 1. The predicted octanol–water partition coefficient (Wildman–Crippen LogP) is 0.582. The van der Waals surface area contributed by atoms with Crippen LogP contribution in [0.25, 0.3) is 0 Å². The predicted molar refractivity (Wildman–Crippen MR) is 53.7 cm³/mol. The standard InChI is InChI=1S/C8H5F2N5O2S/c9-4-1-5(10)7(11-2-4)18-8-12-13-14-15(8)3-6(16)17/h1-2H,3H2,(H,16,17). The Hall–Kier alpha value is -2.10. The van der Waals surface area contributed by atoms with Crippen LogP contribution >= 0.6 is 11.8 Å². The van der Waals surface area contributed by atoms with Crippen molar-refractivity contribution in [3.63, 3.8) is 0 Å². The summed E-state index contributed by atoms with van der Waals surface area (Å²) in [6.07, 6.45) is 0.844. The van der Waals surface area contributed by atoms with Crippen LogP contribution in [0.15, 0.2) is 22.4 Å². The third kappa shape index (κ3) is 2.77. The van der Waals surface area contributed by atoms with Gasteiger partial charge in [0.1, 0.15) is 17.4 Å². The van der Waals surface area contributed by atoms with Gasteiger partial charge in [0.25, 0.3) is 0 Å². The summed E-state index contributed by atoms with van der Waals surface area (Å²) in [6, 6.07) is 0.667. The van der Waals surface area contributed by atoms with Crippen LogP contribution in [-0.4, -0.2) is 36.3 Å². The molecule has 0 saturated carbocycles. The molecule has 2 aromatic heterocycles. The quantitative estimate of drug-likeness (QED) is 0.870. The Balaban J connectivity index is 2.23. The Morgan fingerprint density at radius 3 is 2.94 bits per heavy atom. The normalized spacial score (nSPS) is 10.6. The number of aliphatic carboxylic acids is 1. The van der Waals surface area contributed by atoms with Gasteiger partial charge in [-0.3, -0.25) is 4.79 Å². The highest BCUT2D eigenvalue weighted by molar-refractivity contribution is 7.99. The van der Waals surface area contributed by atoms with E-state index in [0.717, 1.165) is 10.9 Å². The van der Waals surface area contributed by atoms with E-state index in [2.05, 4.69) is 20.5 Å². The van der Waals surface area contributed by atoms with Crippen LogP contribution in [0.4, 0.5) is 8.78 Å². The van der Waals surface area contributed by atoms with Gasteiger partial charge in [0, 0.05) is 6.07 Å². The summed E-state index contributed by atoms with van der Waals surface area (Å²) in [5.74, 6) is -2.82. The van der Waals surface area contributed by atoms with Gasteiger partial charge in [-0.25, -0.2) is 18.4 Å². The first-order valence-corrected chi connectivity index (χ1v) is 5.35. The Bertz CT molecular complexity index is 591. The molecular weight excluding hydrogens is 268 g/mol. The molecule has 2 rings (SSSR count). The Labute approximate surface area is 103 Å². The van der Waals surface area contributed by atoms with E-state index < -0.39 is 24.1 Å². The molecule has 0 fully saturated rings. The van der Waals surface area contributed by atoms with Crippen LogP contribution in [0, 0.1) is 11.6 Å². The van der Waals surface area contributed by atoms with E-state index in [1.807, 2.05) is 0 Å². The molecular formula is C8H5F2N5O2S. The smallest absolute Gasteiger partial charge is 0.325 e. The van der Waals surface area contributed by atoms with Gasteiger partial charge < -0.3 is 5.11 Å². The summed E-state index contributed by atoms with van der Waals surface area (Å²) in [4.78, 5) is 14.0. The van der Waals surface area contributed by atoms with E-state index in [-0.39, 0.29) is 10.2 Å². The first-order chi connectivity index (χ1) is 8.56. The van der Waals surface area contributed by atoms with E-state index in [1.165, 1.54) is 0 Å². The highest BCUT2D eigenvalue weighted by atomic mass is 32.2. The molecule has 10 heteroatoms. The van der Waals surface area contributed by atoms with Crippen LogP contribution < -0.4 is 0 Å². The second-order valence-electron chi connectivity index (χ2n) is 3.06. The van der Waals surface area contributed by atoms with Gasteiger partial charge in [-0.1, -0.05) is 0 Å². The fraction of sp³-hybridized carbons (Fsp3) is 0.125. The van der Waals surface area contributed by atoms with E-state index >= 15 is 0 Å². The number of rotatable bonds is 4. The zero-order valence-electron chi connectivity index (χ0n) is 8.62. The van der Waals surface area contributed by atoms with E-state index in [4.69, 9.17) is 5.11 Å². The van der Waals surface area contributed by atoms with Crippen molar-refractivity contribution in [2.75, 3.05) is 0 Å². The van der Waals surface area contributed by atoms with Crippen LogP contribution in [0.1, 0.15) is 0 Å². The lowest BCUT2D eigenvalue weighted by Crippen LogP contribution is -2.11. The zero-order chi connectivity index (χ0) is 13.1. The number of nitrogens with zero attached hydrogens (tertiary/aromatic N) is 5. The van der Waals surface area contributed by atoms with E-state index in [1.54, 1.807) is 0 Å². The molecule has 94 valence electrons.